The quantitative estimate of drug-likeness (QED) is 0.781. The fourth-order valence-corrected chi connectivity index (χ4v) is 3.62. The van der Waals surface area contributed by atoms with E-state index in [1.807, 2.05) is 29.2 Å². The number of ether oxygens (including phenoxy) is 1. The Morgan fingerprint density at radius 2 is 1.71 bits per heavy atom. The van der Waals surface area contributed by atoms with E-state index in [4.69, 9.17) is 4.74 Å². The number of nitrogens with zero attached hydrogens (tertiary/aromatic N) is 3. The maximum absolute atomic E-state index is 13.1. The number of anilines is 2. The number of rotatable bonds is 4. The molecule has 2 amide bonds. The molecule has 31 heavy (non-hydrogen) atoms. The zero-order valence-electron chi connectivity index (χ0n) is 17.2. The van der Waals surface area contributed by atoms with Crippen LogP contribution in [-0.4, -0.2) is 62.0 Å². The molecular formula is C22H24FN5O3. The van der Waals surface area contributed by atoms with Gasteiger partial charge in [-0.1, -0.05) is 0 Å². The highest BCUT2D eigenvalue weighted by Crippen LogP contribution is 2.21. The monoisotopic (exact) mass is 425 g/mol. The minimum atomic E-state index is -0.826. The molecule has 4 rings (SSSR count). The molecule has 162 valence electrons. The lowest BCUT2D eigenvalue weighted by molar-refractivity contribution is -0.125. The van der Waals surface area contributed by atoms with Crippen LogP contribution in [0.1, 0.15) is 6.42 Å². The summed E-state index contributed by atoms with van der Waals surface area (Å²) >= 11 is 0. The van der Waals surface area contributed by atoms with Crippen molar-refractivity contribution < 1.29 is 18.7 Å². The number of benzene rings is 2. The zero-order valence-corrected chi connectivity index (χ0v) is 17.2. The van der Waals surface area contributed by atoms with Crippen LogP contribution in [0, 0.1) is 5.82 Å². The summed E-state index contributed by atoms with van der Waals surface area (Å²) in [6.45, 7) is 2.84. The van der Waals surface area contributed by atoms with Gasteiger partial charge < -0.3 is 19.9 Å². The molecule has 0 aromatic heterocycles. The number of amides is 2. The van der Waals surface area contributed by atoms with Crippen molar-refractivity contribution in [2.45, 2.75) is 12.5 Å². The van der Waals surface area contributed by atoms with Crippen LogP contribution in [-0.2, 0) is 9.59 Å². The van der Waals surface area contributed by atoms with E-state index < -0.39 is 11.9 Å². The molecule has 0 aliphatic carbocycles. The fourth-order valence-electron chi connectivity index (χ4n) is 3.62. The number of hydrogen-bond acceptors (Lipinski definition) is 6. The number of guanidine groups is 1. The number of halogens is 1. The van der Waals surface area contributed by atoms with Crippen LogP contribution in [0.3, 0.4) is 0 Å². The number of nitrogens with one attached hydrogen (secondary N) is 2. The van der Waals surface area contributed by atoms with E-state index in [1.54, 1.807) is 7.11 Å². The maximum atomic E-state index is 13.1. The predicted molar refractivity (Wildman–Crippen MR) is 116 cm³/mol. The van der Waals surface area contributed by atoms with E-state index >= 15 is 0 Å². The van der Waals surface area contributed by atoms with Crippen molar-refractivity contribution in [3.05, 3.63) is 54.3 Å². The lowest BCUT2D eigenvalue weighted by Crippen LogP contribution is -2.56. The molecule has 1 saturated heterocycles. The number of piperazine rings is 1. The van der Waals surface area contributed by atoms with Crippen LogP contribution in [0.2, 0.25) is 0 Å². The molecule has 2 aliphatic heterocycles. The second-order valence-corrected chi connectivity index (χ2v) is 7.39. The van der Waals surface area contributed by atoms with Crippen LogP contribution in [0.25, 0.3) is 0 Å². The van der Waals surface area contributed by atoms with Crippen molar-refractivity contribution in [2.75, 3.05) is 43.5 Å². The molecule has 0 unspecified atom stereocenters. The highest BCUT2D eigenvalue weighted by Gasteiger charge is 2.30. The summed E-state index contributed by atoms with van der Waals surface area (Å²) in [6, 6.07) is 12.5. The highest BCUT2D eigenvalue weighted by molar-refractivity contribution is 6.06. The van der Waals surface area contributed by atoms with E-state index in [1.165, 1.54) is 24.3 Å². The van der Waals surface area contributed by atoms with Crippen LogP contribution >= 0.6 is 0 Å². The van der Waals surface area contributed by atoms with Gasteiger partial charge in [-0.25, -0.2) is 9.38 Å². The molecule has 8 nitrogen and oxygen atoms in total. The Labute approximate surface area is 179 Å². The van der Waals surface area contributed by atoms with Crippen LogP contribution in [0.15, 0.2) is 53.5 Å². The average Bonchev–Trinajstić information content (AvgIpc) is 2.80. The Morgan fingerprint density at radius 1 is 1.06 bits per heavy atom. The Morgan fingerprint density at radius 3 is 2.35 bits per heavy atom. The molecule has 0 spiro atoms. The third-order valence-corrected chi connectivity index (χ3v) is 5.34. The van der Waals surface area contributed by atoms with E-state index in [0.29, 0.717) is 24.7 Å². The minimum absolute atomic E-state index is 0.0255. The van der Waals surface area contributed by atoms with Crippen molar-refractivity contribution in [1.82, 2.24) is 10.2 Å². The van der Waals surface area contributed by atoms with Gasteiger partial charge in [-0.15, -0.1) is 0 Å². The molecule has 9 heteroatoms. The largest absolute Gasteiger partial charge is 0.497 e. The third-order valence-electron chi connectivity index (χ3n) is 5.34. The first-order valence-corrected chi connectivity index (χ1v) is 10.1. The second-order valence-electron chi connectivity index (χ2n) is 7.39. The molecule has 2 aromatic carbocycles. The van der Waals surface area contributed by atoms with Crippen LogP contribution < -0.4 is 20.3 Å². The van der Waals surface area contributed by atoms with Gasteiger partial charge in [0.05, 0.1) is 13.5 Å². The second kappa shape index (κ2) is 9.03. The Balaban J connectivity index is 1.39. The SMILES string of the molecule is COc1ccc(N2CCN(C3=N[C@@H](C(=O)Nc4ccc(F)cc4)CC(=O)N3)CC2)cc1. The van der Waals surface area contributed by atoms with Crippen molar-refractivity contribution in [3.8, 4) is 5.75 Å². The smallest absolute Gasteiger partial charge is 0.249 e. The van der Waals surface area contributed by atoms with Crippen LogP contribution in [0.4, 0.5) is 15.8 Å². The lowest BCUT2D eigenvalue weighted by atomic mass is 10.1. The Hall–Kier alpha value is -3.62. The summed E-state index contributed by atoms with van der Waals surface area (Å²) in [6.07, 6.45) is -0.0255. The lowest BCUT2D eigenvalue weighted by Gasteiger charge is -2.38. The van der Waals surface area contributed by atoms with E-state index in [0.717, 1.165) is 24.5 Å². The van der Waals surface area contributed by atoms with Gasteiger partial charge in [0, 0.05) is 37.6 Å². The number of hydrogen-bond donors (Lipinski definition) is 2. The molecule has 1 fully saturated rings. The maximum Gasteiger partial charge on any atom is 0.249 e. The van der Waals surface area contributed by atoms with Gasteiger partial charge in [-0.05, 0) is 48.5 Å². The summed E-state index contributed by atoms with van der Waals surface area (Å²) in [5, 5.41) is 5.48. The van der Waals surface area contributed by atoms with Crippen molar-refractivity contribution in [2.24, 2.45) is 4.99 Å². The first-order valence-electron chi connectivity index (χ1n) is 10.1. The zero-order chi connectivity index (χ0) is 21.8. The molecule has 2 aliphatic rings. The summed E-state index contributed by atoms with van der Waals surface area (Å²) < 4.78 is 18.3. The molecule has 1 atom stereocenters. The van der Waals surface area contributed by atoms with Crippen molar-refractivity contribution in [1.29, 1.82) is 0 Å². The standard InChI is InChI=1S/C22H24FN5O3/c1-31-18-8-6-17(7-9-18)27-10-12-28(13-11-27)22-25-19(14-20(29)26-22)21(30)24-16-4-2-15(23)3-5-16/h2-9,19H,10-14H2,1H3,(H,24,30)(H,25,26,29)/t19-/m1/s1. The fraction of sp³-hybridized carbons (Fsp3) is 0.318. The summed E-state index contributed by atoms with van der Waals surface area (Å²) in [5.41, 5.74) is 1.56. The highest BCUT2D eigenvalue weighted by atomic mass is 19.1. The van der Waals surface area contributed by atoms with Gasteiger partial charge in [-0.3, -0.25) is 14.9 Å². The first kappa shape index (κ1) is 20.6. The van der Waals surface area contributed by atoms with Crippen molar-refractivity contribution in [3.63, 3.8) is 0 Å². The summed E-state index contributed by atoms with van der Waals surface area (Å²) in [5.74, 6) is 0.207. The van der Waals surface area contributed by atoms with Gasteiger partial charge in [0.15, 0.2) is 0 Å². The van der Waals surface area contributed by atoms with Crippen LogP contribution in [0.5, 0.6) is 5.75 Å². The average molecular weight is 425 g/mol. The molecule has 2 N–H and O–H groups in total. The Bertz CT molecular complexity index is 970. The van der Waals surface area contributed by atoms with Crippen molar-refractivity contribution >= 4 is 29.1 Å². The molecule has 0 bridgehead atoms. The third kappa shape index (κ3) is 4.93. The topological polar surface area (TPSA) is 86.3 Å². The molecule has 2 aromatic rings. The number of carbonyl (C=O) groups is 2. The predicted octanol–water partition coefficient (Wildman–Crippen LogP) is 1.84. The van der Waals surface area contributed by atoms with E-state index in [9.17, 15) is 14.0 Å². The van der Waals surface area contributed by atoms with Gasteiger partial charge >= 0.3 is 0 Å². The van der Waals surface area contributed by atoms with Gasteiger partial charge in [-0.2, -0.15) is 0 Å². The van der Waals surface area contributed by atoms with E-state index in [2.05, 4.69) is 20.5 Å². The van der Waals surface area contributed by atoms with Gasteiger partial charge in [0.2, 0.25) is 17.8 Å². The molecule has 2 heterocycles. The van der Waals surface area contributed by atoms with Gasteiger partial charge in [0.25, 0.3) is 0 Å². The minimum Gasteiger partial charge on any atom is -0.497 e. The molecule has 0 saturated carbocycles. The Kier molecular flexibility index (Phi) is 6.01. The molecule has 0 radical (unpaired) electrons. The number of carbonyl (C=O) groups excluding carboxylic acids is 2. The number of methoxy groups -OCH3 is 1. The normalized spacial score (nSPS) is 18.8. The van der Waals surface area contributed by atoms with Gasteiger partial charge in [0.1, 0.15) is 17.6 Å². The number of aliphatic imine (C=N–C) groups is 1. The molecular weight excluding hydrogens is 401 g/mol. The summed E-state index contributed by atoms with van der Waals surface area (Å²) in [4.78, 5) is 33.5. The summed E-state index contributed by atoms with van der Waals surface area (Å²) in [7, 11) is 1.64. The first-order chi connectivity index (χ1) is 15.0. The van der Waals surface area contributed by atoms with E-state index in [-0.39, 0.29) is 18.1 Å².